The molecule has 178 valence electrons. The minimum atomic E-state index is -0.338. The molecule has 6 nitrogen and oxygen atoms in total. The van der Waals surface area contributed by atoms with Crippen molar-refractivity contribution in [2.45, 2.75) is 6.61 Å². The molecule has 4 aromatic carbocycles. The van der Waals surface area contributed by atoms with Gasteiger partial charge in [-0.25, -0.2) is 4.98 Å². The Balaban J connectivity index is 1.21. The normalized spacial score (nSPS) is 10.7. The molecule has 36 heavy (non-hydrogen) atoms. The van der Waals surface area contributed by atoms with Crippen molar-refractivity contribution < 1.29 is 13.9 Å². The van der Waals surface area contributed by atoms with Crippen molar-refractivity contribution in [1.82, 2.24) is 10.3 Å². The molecule has 0 saturated heterocycles. The highest BCUT2D eigenvalue weighted by Gasteiger charge is 2.14. The predicted molar refractivity (Wildman–Crippen MR) is 145 cm³/mol. The van der Waals surface area contributed by atoms with Gasteiger partial charge in [0.15, 0.2) is 10.7 Å². The molecule has 0 aliphatic carbocycles. The molecular formula is C28H20ClN3O3S. The standard InChI is InChI=1S/C28H20ClN3O3S/c29-23-15-12-20(16-22(23)27-31-24-8-4-5-9-25(24)35-27)30-28(36)32-26(33)19-10-13-21(14-11-19)34-17-18-6-2-1-3-7-18/h1-16H,17H2,(H2,30,32,33,36). The summed E-state index contributed by atoms with van der Waals surface area (Å²) in [4.78, 5) is 17.2. The van der Waals surface area contributed by atoms with Gasteiger partial charge in [-0.15, -0.1) is 0 Å². The number of thiocarbonyl (C=S) groups is 1. The van der Waals surface area contributed by atoms with E-state index in [9.17, 15) is 4.79 Å². The lowest BCUT2D eigenvalue weighted by Crippen LogP contribution is -2.34. The maximum absolute atomic E-state index is 12.7. The Morgan fingerprint density at radius 1 is 0.944 bits per heavy atom. The third-order valence-electron chi connectivity index (χ3n) is 5.34. The second-order valence-corrected chi connectivity index (χ2v) is 8.70. The highest BCUT2D eigenvalue weighted by molar-refractivity contribution is 7.80. The molecule has 8 heteroatoms. The molecule has 0 bridgehead atoms. The van der Waals surface area contributed by atoms with E-state index in [0.29, 0.717) is 45.7 Å². The number of rotatable bonds is 6. The van der Waals surface area contributed by atoms with Gasteiger partial charge in [0.05, 0.1) is 10.6 Å². The number of hydrogen-bond acceptors (Lipinski definition) is 5. The molecule has 0 radical (unpaired) electrons. The number of aromatic nitrogens is 1. The van der Waals surface area contributed by atoms with Crippen LogP contribution in [-0.4, -0.2) is 16.0 Å². The van der Waals surface area contributed by atoms with E-state index in [1.165, 1.54) is 0 Å². The molecule has 0 fully saturated rings. The van der Waals surface area contributed by atoms with E-state index < -0.39 is 0 Å². The summed E-state index contributed by atoms with van der Waals surface area (Å²) < 4.78 is 11.6. The summed E-state index contributed by atoms with van der Waals surface area (Å²) in [5, 5.41) is 6.33. The van der Waals surface area contributed by atoms with Crippen molar-refractivity contribution in [2.24, 2.45) is 0 Å². The molecule has 0 aliphatic heterocycles. The maximum atomic E-state index is 12.7. The number of nitrogens with zero attached hydrogens (tertiary/aromatic N) is 1. The van der Waals surface area contributed by atoms with Gasteiger partial charge in [-0.2, -0.15) is 0 Å². The third kappa shape index (κ3) is 5.54. The zero-order valence-electron chi connectivity index (χ0n) is 18.9. The molecule has 0 aliphatic rings. The van der Waals surface area contributed by atoms with E-state index in [1.807, 2.05) is 54.6 Å². The summed E-state index contributed by atoms with van der Waals surface area (Å²) in [6, 6.07) is 29.5. The van der Waals surface area contributed by atoms with Crippen LogP contribution in [0, 0.1) is 0 Å². The number of ether oxygens (including phenoxy) is 1. The van der Waals surface area contributed by atoms with Gasteiger partial charge in [-0.1, -0.05) is 54.1 Å². The zero-order valence-corrected chi connectivity index (χ0v) is 20.5. The Bertz CT molecular complexity index is 1500. The Morgan fingerprint density at radius 2 is 1.69 bits per heavy atom. The SMILES string of the molecule is O=C(NC(=S)Nc1ccc(Cl)c(-c2nc3ccccc3o2)c1)c1ccc(OCc2ccccc2)cc1. The largest absolute Gasteiger partial charge is 0.489 e. The molecule has 5 aromatic rings. The van der Waals surface area contributed by atoms with Gasteiger partial charge < -0.3 is 14.5 Å². The maximum Gasteiger partial charge on any atom is 0.257 e. The fourth-order valence-electron chi connectivity index (χ4n) is 3.54. The fraction of sp³-hybridized carbons (Fsp3) is 0.0357. The number of carbonyl (C=O) groups excluding carboxylic acids is 1. The smallest absolute Gasteiger partial charge is 0.257 e. The van der Waals surface area contributed by atoms with Crippen LogP contribution < -0.4 is 15.4 Å². The van der Waals surface area contributed by atoms with Crippen LogP contribution in [0.25, 0.3) is 22.6 Å². The van der Waals surface area contributed by atoms with Gasteiger partial charge in [-0.3, -0.25) is 10.1 Å². The molecule has 0 atom stereocenters. The second kappa shape index (κ2) is 10.6. The van der Waals surface area contributed by atoms with Crippen LogP contribution in [0.1, 0.15) is 15.9 Å². The average Bonchev–Trinajstić information content (AvgIpc) is 3.33. The zero-order chi connectivity index (χ0) is 24.9. The summed E-state index contributed by atoms with van der Waals surface area (Å²) in [6.07, 6.45) is 0. The molecule has 2 N–H and O–H groups in total. The summed E-state index contributed by atoms with van der Waals surface area (Å²) in [6.45, 7) is 0.451. The average molecular weight is 514 g/mol. The number of anilines is 1. The minimum Gasteiger partial charge on any atom is -0.489 e. The Kier molecular flexibility index (Phi) is 6.93. The van der Waals surface area contributed by atoms with E-state index in [0.717, 1.165) is 11.1 Å². The topological polar surface area (TPSA) is 76.4 Å². The van der Waals surface area contributed by atoms with Gasteiger partial charge in [-0.05, 0) is 72.4 Å². The van der Waals surface area contributed by atoms with Crippen LogP contribution in [0.15, 0.2) is 101 Å². The lowest BCUT2D eigenvalue weighted by atomic mass is 10.2. The molecule has 1 aromatic heterocycles. The molecule has 0 saturated carbocycles. The molecular weight excluding hydrogens is 494 g/mol. The van der Waals surface area contributed by atoms with E-state index in [-0.39, 0.29) is 11.0 Å². The van der Waals surface area contributed by atoms with Gasteiger partial charge in [0.2, 0.25) is 5.89 Å². The van der Waals surface area contributed by atoms with Crippen LogP contribution in [0.5, 0.6) is 5.75 Å². The number of nitrogens with one attached hydrogen (secondary N) is 2. The number of oxazole rings is 1. The number of hydrogen-bond donors (Lipinski definition) is 2. The van der Waals surface area contributed by atoms with Crippen LogP contribution in [-0.2, 0) is 6.61 Å². The van der Waals surface area contributed by atoms with Crippen LogP contribution in [0.2, 0.25) is 5.02 Å². The van der Waals surface area contributed by atoms with Gasteiger partial charge >= 0.3 is 0 Å². The number of benzene rings is 4. The Hall–Kier alpha value is -4.20. The number of amides is 1. The summed E-state index contributed by atoms with van der Waals surface area (Å²) in [7, 11) is 0. The monoisotopic (exact) mass is 513 g/mol. The molecule has 0 unspecified atom stereocenters. The lowest BCUT2D eigenvalue weighted by molar-refractivity contribution is 0.0977. The summed E-state index contributed by atoms with van der Waals surface area (Å²) in [5.74, 6) is 0.730. The first-order valence-corrected chi connectivity index (χ1v) is 11.9. The van der Waals surface area contributed by atoms with Crippen molar-refractivity contribution in [3.05, 3.63) is 113 Å². The Labute approximate surface area is 217 Å². The van der Waals surface area contributed by atoms with E-state index >= 15 is 0 Å². The molecule has 1 heterocycles. The van der Waals surface area contributed by atoms with Crippen LogP contribution >= 0.6 is 23.8 Å². The van der Waals surface area contributed by atoms with E-state index in [4.69, 9.17) is 33.0 Å². The van der Waals surface area contributed by atoms with Crippen molar-refractivity contribution in [3.63, 3.8) is 0 Å². The fourth-order valence-corrected chi connectivity index (χ4v) is 3.94. The first kappa shape index (κ1) is 23.5. The van der Waals surface area contributed by atoms with Crippen molar-refractivity contribution in [1.29, 1.82) is 0 Å². The molecule has 1 amide bonds. The highest BCUT2D eigenvalue weighted by atomic mass is 35.5. The van der Waals surface area contributed by atoms with E-state index in [2.05, 4.69) is 15.6 Å². The molecule has 5 rings (SSSR count). The van der Waals surface area contributed by atoms with Crippen molar-refractivity contribution in [2.75, 3.05) is 5.32 Å². The number of carbonyl (C=O) groups is 1. The second-order valence-electron chi connectivity index (χ2n) is 7.89. The van der Waals surface area contributed by atoms with Gasteiger partial charge in [0, 0.05) is 11.3 Å². The highest BCUT2D eigenvalue weighted by Crippen LogP contribution is 2.32. The first-order valence-electron chi connectivity index (χ1n) is 11.1. The van der Waals surface area contributed by atoms with E-state index in [1.54, 1.807) is 42.5 Å². The minimum absolute atomic E-state index is 0.148. The van der Waals surface area contributed by atoms with Crippen LogP contribution in [0.3, 0.4) is 0 Å². The molecule has 0 spiro atoms. The van der Waals surface area contributed by atoms with Crippen LogP contribution in [0.4, 0.5) is 5.69 Å². The summed E-state index contributed by atoms with van der Waals surface area (Å²) >= 11 is 11.7. The summed E-state index contributed by atoms with van der Waals surface area (Å²) in [5.41, 5.74) is 4.17. The van der Waals surface area contributed by atoms with Gasteiger partial charge in [0.25, 0.3) is 5.91 Å². The number of para-hydroxylation sites is 2. The lowest BCUT2D eigenvalue weighted by Gasteiger charge is -2.11. The third-order valence-corrected chi connectivity index (χ3v) is 5.87. The van der Waals surface area contributed by atoms with Crippen molar-refractivity contribution >= 4 is 51.6 Å². The van der Waals surface area contributed by atoms with Crippen molar-refractivity contribution in [3.8, 4) is 17.2 Å². The first-order chi connectivity index (χ1) is 17.5. The predicted octanol–water partition coefficient (Wildman–Crippen LogP) is 6.85. The van der Waals surface area contributed by atoms with Gasteiger partial charge in [0.1, 0.15) is 17.9 Å². The Morgan fingerprint density at radius 3 is 2.47 bits per heavy atom. The number of halogens is 1. The number of fused-ring (bicyclic) bond motifs is 1. The quantitative estimate of drug-likeness (QED) is 0.242.